The Morgan fingerprint density at radius 2 is 1.84 bits per heavy atom. The lowest BCUT2D eigenvalue weighted by atomic mass is 10.0. The topological polar surface area (TPSA) is 55.4 Å². The molecule has 4 nitrogen and oxygen atoms in total. The summed E-state index contributed by atoms with van der Waals surface area (Å²) in [7, 11) is 1.51. The minimum absolute atomic E-state index is 0.0737. The molecule has 0 fully saturated rings. The van der Waals surface area contributed by atoms with Crippen molar-refractivity contribution in [2.24, 2.45) is 0 Å². The number of ether oxygens (including phenoxy) is 1. The van der Waals surface area contributed by atoms with Crippen LogP contribution in [0.5, 0.6) is 5.75 Å². The predicted molar refractivity (Wildman–Crippen MR) is 94.3 cm³/mol. The molecule has 0 radical (unpaired) electrons. The number of hydrogen-bond acceptors (Lipinski definition) is 3. The second-order valence-corrected chi connectivity index (χ2v) is 5.99. The standard InChI is InChI=1S/C20H22FNO3/c1-13-4-8-19(25-3)16(10-13)18(23)7-9-20(24)22-12-15-6-5-14(2)17(21)11-15/h4-6,8,10-11H,7,9,12H2,1-3H3,(H,22,24). The van der Waals surface area contributed by atoms with Crippen LogP contribution >= 0.6 is 0 Å². The lowest BCUT2D eigenvalue weighted by Gasteiger charge is -2.09. The molecule has 0 spiro atoms. The van der Waals surface area contributed by atoms with E-state index in [1.165, 1.54) is 13.2 Å². The van der Waals surface area contributed by atoms with Crippen LogP contribution in [0.15, 0.2) is 36.4 Å². The minimum atomic E-state index is -0.298. The van der Waals surface area contributed by atoms with Crippen LogP contribution < -0.4 is 10.1 Å². The Morgan fingerprint density at radius 1 is 1.08 bits per heavy atom. The highest BCUT2D eigenvalue weighted by atomic mass is 19.1. The van der Waals surface area contributed by atoms with Crippen LogP contribution in [0.3, 0.4) is 0 Å². The van der Waals surface area contributed by atoms with Crippen LogP contribution in [-0.4, -0.2) is 18.8 Å². The van der Waals surface area contributed by atoms with Crippen molar-refractivity contribution >= 4 is 11.7 Å². The van der Waals surface area contributed by atoms with Crippen LogP contribution in [0, 0.1) is 19.7 Å². The lowest BCUT2D eigenvalue weighted by molar-refractivity contribution is -0.121. The van der Waals surface area contributed by atoms with Gasteiger partial charge in [-0.15, -0.1) is 0 Å². The number of ketones is 1. The van der Waals surface area contributed by atoms with Gasteiger partial charge in [-0.25, -0.2) is 4.39 Å². The molecule has 0 saturated carbocycles. The second kappa shape index (κ2) is 8.42. The van der Waals surface area contributed by atoms with Crippen LogP contribution in [0.25, 0.3) is 0 Å². The Hall–Kier alpha value is -2.69. The van der Waals surface area contributed by atoms with Gasteiger partial charge < -0.3 is 10.1 Å². The van der Waals surface area contributed by atoms with Gasteiger partial charge in [0.1, 0.15) is 11.6 Å². The molecule has 2 aromatic rings. The molecule has 25 heavy (non-hydrogen) atoms. The van der Waals surface area contributed by atoms with E-state index in [2.05, 4.69) is 5.32 Å². The van der Waals surface area contributed by atoms with E-state index in [0.717, 1.165) is 5.56 Å². The zero-order chi connectivity index (χ0) is 18.4. The Bertz CT molecular complexity index is 787. The van der Waals surface area contributed by atoms with Gasteiger partial charge in [0, 0.05) is 19.4 Å². The number of carbonyl (C=O) groups excluding carboxylic acids is 2. The number of Topliss-reactive ketones (excluding diaryl/α,β-unsaturated/α-hetero) is 1. The van der Waals surface area contributed by atoms with Crippen molar-refractivity contribution in [2.75, 3.05) is 7.11 Å². The number of carbonyl (C=O) groups is 2. The summed E-state index contributed by atoms with van der Waals surface area (Å²) >= 11 is 0. The zero-order valence-corrected chi connectivity index (χ0v) is 14.7. The largest absolute Gasteiger partial charge is 0.496 e. The fourth-order valence-corrected chi connectivity index (χ4v) is 2.44. The average molecular weight is 343 g/mol. The summed E-state index contributed by atoms with van der Waals surface area (Å²) < 4.78 is 18.7. The third-order valence-corrected chi connectivity index (χ3v) is 3.96. The van der Waals surface area contributed by atoms with E-state index in [1.807, 2.05) is 13.0 Å². The number of halogens is 1. The summed E-state index contributed by atoms with van der Waals surface area (Å²) in [6, 6.07) is 10.2. The fraction of sp³-hybridized carbons (Fsp3) is 0.300. The van der Waals surface area contributed by atoms with Crippen LogP contribution in [0.4, 0.5) is 4.39 Å². The van der Waals surface area contributed by atoms with E-state index >= 15 is 0 Å². The van der Waals surface area contributed by atoms with Crippen molar-refractivity contribution in [1.29, 1.82) is 0 Å². The van der Waals surface area contributed by atoms with Crippen LogP contribution in [0.1, 0.15) is 39.9 Å². The Morgan fingerprint density at radius 3 is 2.52 bits per heavy atom. The van der Waals surface area contributed by atoms with Gasteiger partial charge in [0.05, 0.1) is 12.7 Å². The van der Waals surface area contributed by atoms with E-state index in [-0.39, 0.29) is 36.9 Å². The molecule has 132 valence electrons. The van der Waals surface area contributed by atoms with Gasteiger partial charge in [0.25, 0.3) is 0 Å². The van der Waals surface area contributed by atoms with E-state index < -0.39 is 0 Å². The SMILES string of the molecule is COc1ccc(C)cc1C(=O)CCC(=O)NCc1ccc(C)c(F)c1. The first kappa shape index (κ1) is 18.6. The molecule has 0 bridgehead atoms. The molecular weight excluding hydrogens is 321 g/mol. The molecule has 5 heteroatoms. The van der Waals surface area contributed by atoms with Gasteiger partial charge in [-0.1, -0.05) is 23.8 Å². The Balaban J connectivity index is 1.88. The minimum Gasteiger partial charge on any atom is -0.496 e. The molecule has 0 saturated heterocycles. The first-order valence-electron chi connectivity index (χ1n) is 8.10. The zero-order valence-electron chi connectivity index (χ0n) is 14.7. The van der Waals surface area contributed by atoms with Gasteiger partial charge in [-0.3, -0.25) is 9.59 Å². The number of amides is 1. The lowest BCUT2D eigenvalue weighted by Crippen LogP contribution is -2.23. The van der Waals surface area contributed by atoms with Gasteiger partial charge in [0.2, 0.25) is 5.91 Å². The average Bonchev–Trinajstić information content (AvgIpc) is 2.60. The number of rotatable bonds is 7. The molecule has 2 rings (SSSR count). The third kappa shape index (κ3) is 5.14. The van der Waals surface area contributed by atoms with Gasteiger partial charge in [0.15, 0.2) is 5.78 Å². The van der Waals surface area contributed by atoms with Gasteiger partial charge in [-0.2, -0.15) is 0 Å². The van der Waals surface area contributed by atoms with Gasteiger partial charge in [-0.05, 0) is 43.2 Å². The molecule has 0 aliphatic heterocycles. The maximum atomic E-state index is 13.5. The van der Waals surface area contributed by atoms with E-state index in [9.17, 15) is 14.0 Å². The van der Waals surface area contributed by atoms with E-state index in [0.29, 0.717) is 22.4 Å². The molecule has 0 atom stereocenters. The number of methoxy groups -OCH3 is 1. The Labute approximate surface area is 147 Å². The van der Waals surface area contributed by atoms with Crippen molar-refractivity contribution in [3.63, 3.8) is 0 Å². The quantitative estimate of drug-likeness (QED) is 0.780. The number of nitrogens with one attached hydrogen (secondary N) is 1. The summed E-state index contributed by atoms with van der Waals surface area (Å²) in [6.07, 6.45) is 0.165. The predicted octanol–water partition coefficient (Wildman–Crippen LogP) is 3.73. The summed E-state index contributed by atoms with van der Waals surface area (Å²) in [4.78, 5) is 24.3. The molecule has 0 aliphatic rings. The smallest absolute Gasteiger partial charge is 0.220 e. The molecule has 0 heterocycles. The molecule has 1 amide bonds. The van der Waals surface area contributed by atoms with Crippen LogP contribution in [0.2, 0.25) is 0 Å². The summed E-state index contributed by atoms with van der Waals surface area (Å²) in [5.41, 5.74) is 2.68. The van der Waals surface area contributed by atoms with Crippen molar-refractivity contribution in [2.45, 2.75) is 33.2 Å². The monoisotopic (exact) mass is 343 g/mol. The van der Waals surface area contributed by atoms with Crippen molar-refractivity contribution in [3.8, 4) is 5.75 Å². The molecule has 1 N–H and O–H groups in total. The van der Waals surface area contributed by atoms with Crippen molar-refractivity contribution < 1.29 is 18.7 Å². The highest BCUT2D eigenvalue weighted by molar-refractivity contribution is 6.00. The summed E-state index contributed by atoms with van der Waals surface area (Å²) in [6.45, 7) is 3.81. The normalized spacial score (nSPS) is 10.4. The van der Waals surface area contributed by atoms with Crippen LogP contribution in [-0.2, 0) is 11.3 Å². The third-order valence-electron chi connectivity index (χ3n) is 3.96. The van der Waals surface area contributed by atoms with Crippen molar-refractivity contribution in [1.82, 2.24) is 5.32 Å². The first-order chi connectivity index (χ1) is 11.9. The maximum Gasteiger partial charge on any atom is 0.220 e. The first-order valence-corrected chi connectivity index (χ1v) is 8.10. The Kier molecular flexibility index (Phi) is 6.28. The van der Waals surface area contributed by atoms with Gasteiger partial charge >= 0.3 is 0 Å². The summed E-state index contributed by atoms with van der Waals surface area (Å²) in [5.74, 6) is -0.183. The van der Waals surface area contributed by atoms with Crippen molar-refractivity contribution in [3.05, 3.63) is 64.5 Å². The summed E-state index contributed by atoms with van der Waals surface area (Å²) in [5, 5.41) is 2.70. The van der Waals surface area contributed by atoms with E-state index in [1.54, 1.807) is 31.2 Å². The molecular formula is C20H22FNO3. The number of hydrogen-bond donors (Lipinski definition) is 1. The second-order valence-electron chi connectivity index (χ2n) is 5.99. The van der Waals surface area contributed by atoms with E-state index in [4.69, 9.17) is 4.74 Å². The maximum absolute atomic E-state index is 13.5. The number of benzene rings is 2. The fourth-order valence-electron chi connectivity index (χ4n) is 2.44. The molecule has 2 aromatic carbocycles. The highest BCUT2D eigenvalue weighted by Gasteiger charge is 2.14. The molecule has 0 unspecified atom stereocenters. The molecule has 0 aliphatic carbocycles. The molecule has 0 aromatic heterocycles. The highest BCUT2D eigenvalue weighted by Crippen LogP contribution is 2.21. The number of aryl methyl sites for hydroxylation is 2.